The Morgan fingerprint density at radius 1 is 1.16 bits per heavy atom. The van der Waals surface area contributed by atoms with Crippen LogP contribution in [-0.4, -0.2) is 39.3 Å². The summed E-state index contributed by atoms with van der Waals surface area (Å²) in [6.07, 6.45) is 12.8. The molecule has 6 nitrogen and oxygen atoms in total. The Morgan fingerprint density at radius 3 is 3.00 bits per heavy atom. The predicted molar refractivity (Wildman–Crippen MR) is 96.2 cm³/mol. The van der Waals surface area contributed by atoms with Crippen LogP contribution in [0.5, 0.6) is 0 Å². The van der Waals surface area contributed by atoms with E-state index in [2.05, 4.69) is 25.4 Å². The standard InChI is InChI=1S/C19H31N5O/c25-19(16-13-14-7-3-4-8-15(14)21-16)20-11-6-10-18-23-22-17-9-2-1-5-12-24(17)18/h14-16,21H,1-13H2,(H,20,25). The maximum Gasteiger partial charge on any atom is 0.237 e. The number of fused-ring (bicyclic) bond motifs is 2. The van der Waals surface area contributed by atoms with Crippen LogP contribution >= 0.6 is 0 Å². The second-order valence-electron chi connectivity index (χ2n) is 8.00. The molecule has 1 saturated heterocycles. The zero-order valence-electron chi connectivity index (χ0n) is 15.2. The summed E-state index contributed by atoms with van der Waals surface area (Å²) in [7, 11) is 0. The maximum atomic E-state index is 12.4. The number of hydrogen-bond donors (Lipinski definition) is 2. The Labute approximate surface area is 150 Å². The summed E-state index contributed by atoms with van der Waals surface area (Å²) in [4.78, 5) is 12.4. The Hall–Kier alpha value is -1.43. The van der Waals surface area contributed by atoms with Crippen LogP contribution in [-0.2, 0) is 24.2 Å². The van der Waals surface area contributed by atoms with Crippen LogP contribution in [0.3, 0.4) is 0 Å². The molecule has 0 spiro atoms. The third kappa shape index (κ3) is 3.89. The van der Waals surface area contributed by atoms with Crippen molar-refractivity contribution < 1.29 is 4.79 Å². The van der Waals surface area contributed by atoms with E-state index >= 15 is 0 Å². The largest absolute Gasteiger partial charge is 0.355 e. The van der Waals surface area contributed by atoms with Crippen LogP contribution in [0, 0.1) is 5.92 Å². The third-order valence-corrected chi connectivity index (χ3v) is 6.24. The molecule has 6 heteroatoms. The van der Waals surface area contributed by atoms with Gasteiger partial charge in [-0.1, -0.05) is 19.3 Å². The van der Waals surface area contributed by atoms with Gasteiger partial charge in [-0.05, 0) is 44.4 Å². The van der Waals surface area contributed by atoms with E-state index in [9.17, 15) is 4.79 Å². The van der Waals surface area contributed by atoms with Gasteiger partial charge in [-0.3, -0.25) is 4.79 Å². The van der Waals surface area contributed by atoms with Gasteiger partial charge in [0.2, 0.25) is 5.91 Å². The topological polar surface area (TPSA) is 71.8 Å². The summed E-state index contributed by atoms with van der Waals surface area (Å²) < 4.78 is 2.30. The SMILES string of the molecule is O=C(NCCCc1nnc2n1CCCCC2)C1CC2CCCCC2N1. The fourth-order valence-corrected chi connectivity index (χ4v) is 4.83. The molecule has 1 aromatic heterocycles. The van der Waals surface area contributed by atoms with Crippen LogP contribution in [0.25, 0.3) is 0 Å². The van der Waals surface area contributed by atoms with Crippen molar-refractivity contribution in [2.45, 2.75) is 89.3 Å². The quantitative estimate of drug-likeness (QED) is 0.801. The van der Waals surface area contributed by atoms with E-state index in [0.717, 1.165) is 56.3 Å². The summed E-state index contributed by atoms with van der Waals surface area (Å²) in [5.74, 6) is 3.15. The molecule has 1 amide bonds. The molecular weight excluding hydrogens is 314 g/mol. The fourth-order valence-electron chi connectivity index (χ4n) is 4.83. The summed E-state index contributed by atoms with van der Waals surface area (Å²) in [5, 5.41) is 15.4. The maximum absolute atomic E-state index is 12.4. The molecule has 138 valence electrons. The first kappa shape index (κ1) is 17.0. The minimum atomic E-state index is 0.0254. The second kappa shape index (κ2) is 7.85. The Balaban J connectivity index is 1.21. The first-order valence-corrected chi connectivity index (χ1v) is 10.3. The van der Waals surface area contributed by atoms with Crippen molar-refractivity contribution in [3.05, 3.63) is 11.6 Å². The van der Waals surface area contributed by atoms with Gasteiger partial charge >= 0.3 is 0 Å². The molecule has 2 N–H and O–H groups in total. The lowest BCUT2D eigenvalue weighted by Crippen LogP contribution is -2.43. The number of aryl methyl sites for hydroxylation is 2. The number of nitrogens with zero attached hydrogens (tertiary/aromatic N) is 3. The summed E-state index contributed by atoms with van der Waals surface area (Å²) >= 11 is 0. The molecule has 2 fully saturated rings. The number of nitrogens with one attached hydrogen (secondary N) is 2. The number of aromatic nitrogens is 3. The number of carbonyl (C=O) groups is 1. The summed E-state index contributed by atoms with van der Waals surface area (Å²) in [6, 6.07) is 0.605. The van der Waals surface area contributed by atoms with E-state index in [-0.39, 0.29) is 11.9 Å². The van der Waals surface area contributed by atoms with Crippen molar-refractivity contribution in [1.29, 1.82) is 0 Å². The lowest BCUT2D eigenvalue weighted by atomic mass is 9.85. The van der Waals surface area contributed by atoms with Gasteiger partial charge in [0.25, 0.3) is 0 Å². The van der Waals surface area contributed by atoms with E-state index in [0.29, 0.717) is 6.04 Å². The minimum absolute atomic E-state index is 0.0254. The van der Waals surface area contributed by atoms with Gasteiger partial charge in [-0.15, -0.1) is 10.2 Å². The molecule has 1 aliphatic carbocycles. The van der Waals surface area contributed by atoms with Crippen molar-refractivity contribution in [3.63, 3.8) is 0 Å². The molecule has 3 heterocycles. The van der Waals surface area contributed by atoms with Gasteiger partial charge in [-0.25, -0.2) is 0 Å². The molecule has 3 aliphatic rings. The summed E-state index contributed by atoms with van der Waals surface area (Å²) in [5.41, 5.74) is 0. The molecular formula is C19H31N5O. The van der Waals surface area contributed by atoms with Gasteiger partial charge in [0, 0.05) is 32.0 Å². The van der Waals surface area contributed by atoms with Gasteiger partial charge in [0.05, 0.1) is 6.04 Å². The molecule has 1 aromatic rings. The molecule has 3 unspecified atom stereocenters. The number of amides is 1. The van der Waals surface area contributed by atoms with Crippen molar-refractivity contribution in [2.24, 2.45) is 5.92 Å². The van der Waals surface area contributed by atoms with Crippen molar-refractivity contribution in [1.82, 2.24) is 25.4 Å². The zero-order valence-corrected chi connectivity index (χ0v) is 15.2. The Kier molecular flexibility index (Phi) is 5.34. The molecule has 1 saturated carbocycles. The smallest absolute Gasteiger partial charge is 0.237 e. The molecule has 0 radical (unpaired) electrons. The molecule has 0 aromatic carbocycles. The van der Waals surface area contributed by atoms with Crippen molar-refractivity contribution in [3.8, 4) is 0 Å². The Bertz CT molecular complexity index is 585. The first-order valence-electron chi connectivity index (χ1n) is 10.3. The fraction of sp³-hybridized carbons (Fsp3) is 0.842. The third-order valence-electron chi connectivity index (χ3n) is 6.24. The highest BCUT2D eigenvalue weighted by atomic mass is 16.2. The average molecular weight is 345 g/mol. The number of carbonyl (C=O) groups excluding carboxylic acids is 1. The van der Waals surface area contributed by atoms with E-state index < -0.39 is 0 Å². The number of rotatable bonds is 5. The highest BCUT2D eigenvalue weighted by Gasteiger charge is 2.37. The number of hydrogen-bond acceptors (Lipinski definition) is 4. The van der Waals surface area contributed by atoms with E-state index in [4.69, 9.17) is 0 Å². The van der Waals surface area contributed by atoms with Crippen LogP contribution in [0.1, 0.15) is 69.4 Å². The Morgan fingerprint density at radius 2 is 2.08 bits per heavy atom. The monoisotopic (exact) mass is 345 g/mol. The molecule has 4 rings (SSSR count). The van der Waals surface area contributed by atoms with Crippen molar-refractivity contribution in [2.75, 3.05) is 6.54 Å². The van der Waals surface area contributed by atoms with Crippen LogP contribution < -0.4 is 10.6 Å². The van der Waals surface area contributed by atoms with E-state index in [1.165, 1.54) is 44.9 Å². The predicted octanol–water partition coefficient (Wildman–Crippen LogP) is 1.97. The molecule has 3 atom stereocenters. The van der Waals surface area contributed by atoms with Gasteiger partial charge in [0.15, 0.2) is 0 Å². The molecule has 25 heavy (non-hydrogen) atoms. The van der Waals surface area contributed by atoms with Crippen molar-refractivity contribution >= 4 is 5.91 Å². The van der Waals surface area contributed by atoms with Crippen LogP contribution in [0.2, 0.25) is 0 Å². The average Bonchev–Trinajstić information content (AvgIpc) is 3.15. The molecule has 0 bridgehead atoms. The minimum Gasteiger partial charge on any atom is -0.355 e. The summed E-state index contributed by atoms with van der Waals surface area (Å²) in [6.45, 7) is 1.79. The van der Waals surface area contributed by atoms with Gasteiger partial charge in [-0.2, -0.15) is 0 Å². The highest BCUT2D eigenvalue weighted by Crippen LogP contribution is 2.33. The van der Waals surface area contributed by atoms with Crippen LogP contribution in [0.4, 0.5) is 0 Å². The lowest BCUT2D eigenvalue weighted by molar-refractivity contribution is -0.122. The lowest BCUT2D eigenvalue weighted by Gasteiger charge is -2.24. The zero-order chi connectivity index (χ0) is 17.1. The first-order chi connectivity index (χ1) is 12.3. The van der Waals surface area contributed by atoms with Gasteiger partial charge < -0.3 is 15.2 Å². The van der Waals surface area contributed by atoms with Gasteiger partial charge in [0.1, 0.15) is 11.6 Å². The van der Waals surface area contributed by atoms with E-state index in [1.807, 2.05) is 0 Å². The highest BCUT2D eigenvalue weighted by molar-refractivity contribution is 5.82. The normalized spacial score (nSPS) is 28.9. The molecule has 2 aliphatic heterocycles. The second-order valence-corrected chi connectivity index (χ2v) is 8.00. The van der Waals surface area contributed by atoms with E-state index in [1.54, 1.807) is 0 Å². The van der Waals surface area contributed by atoms with Crippen LogP contribution in [0.15, 0.2) is 0 Å².